The number of nitrogens with zero attached hydrogens (tertiary/aromatic N) is 1. The van der Waals surface area contributed by atoms with Gasteiger partial charge in [-0.2, -0.15) is 0 Å². The highest BCUT2D eigenvalue weighted by Gasteiger charge is 1.95. The lowest BCUT2D eigenvalue weighted by Gasteiger charge is -2.02. The Morgan fingerprint density at radius 1 is 1.73 bits per heavy atom. The number of carboxylic acid groups (broad SMARTS) is 1. The average molecular weight is 152 g/mol. The highest BCUT2D eigenvalue weighted by molar-refractivity contribution is 5.83. The normalized spacial score (nSPS) is 9.18. The average Bonchev–Trinajstić information content (AvgIpc) is 2.05. The molecule has 0 atom stereocenters. The van der Waals surface area contributed by atoms with Crippen LogP contribution in [0.15, 0.2) is 18.3 Å². The highest BCUT2D eigenvalue weighted by Crippen LogP contribution is 2.08. The lowest BCUT2D eigenvalue weighted by atomic mass is 10.3. The molecule has 0 radical (unpaired) electrons. The van der Waals surface area contributed by atoms with Crippen molar-refractivity contribution in [2.45, 2.75) is 0 Å². The molecule has 1 heterocycles. The number of hydrogen-bond donors (Lipinski definition) is 0. The van der Waals surface area contributed by atoms with Gasteiger partial charge in [0.05, 0.1) is 18.8 Å². The van der Waals surface area contributed by atoms with Crippen molar-refractivity contribution in [3.05, 3.63) is 24.0 Å². The summed E-state index contributed by atoms with van der Waals surface area (Å²) in [5.41, 5.74) is -0.121. The van der Waals surface area contributed by atoms with E-state index in [2.05, 4.69) is 4.98 Å². The first kappa shape index (κ1) is 7.53. The Labute approximate surface area is 63.5 Å². The van der Waals surface area contributed by atoms with Crippen LogP contribution >= 0.6 is 0 Å². The van der Waals surface area contributed by atoms with Gasteiger partial charge in [-0.15, -0.1) is 0 Å². The minimum Gasteiger partial charge on any atom is -0.543 e. The minimum absolute atomic E-state index is 0.121. The maximum atomic E-state index is 10.2. The number of hydrogen-bond acceptors (Lipinski definition) is 4. The van der Waals surface area contributed by atoms with Crippen LogP contribution in [-0.4, -0.2) is 18.1 Å². The zero-order chi connectivity index (χ0) is 8.27. The summed E-state index contributed by atoms with van der Waals surface area (Å²) in [4.78, 5) is 13.8. The third kappa shape index (κ3) is 1.67. The van der Waals surface area contributed by atoms with Crippen molar-refractivity contribution in [2.24, 2.45) is 0 Å². The first-order chi connectivity index (χ1) is 5.24. The van der Waals surface area contributed by atoms with E-state index < -0.39 is 5.97 Å². The molecule has 0 unspecified atom stereocenters. The molecule has 0 aromatic carbocycles. The molecule has 4 nitrogen and oxygen atoms in total. The Morgan fingerprint density at radius 2 is 2.45 bits per heavy atom. The van der Waals surface area contributed by atoms with E-state index in [1.807, 2.05) is 0 Å². The third-order valence-corrected chi connectivity index (χ3v) is 1.18. The molecule has 0 bridgehead atoms. The number of aromatic carboxylic acids is 1. The number of pyridine rings is 1. The molecule has 1 aromatic heterocycles. The molecule has 1 rings (SSSR count). The molecule has 0 N–H and O–H groups in total. The number of ether oxygens (including phenoxy) is 1. The molecule has 0 aliphatic rings. The SMILES string of the molecule is COc1ccnc(C(=O)[O-])c1. The molecule has 4 heteroatoms. The zero-order valence-electron chi connectivity index (χ0n) is 5.90. The maximum Gasteiger partial charge on any atom is 0.122 e. The van der Waals surface area contributed by atoms with Gasteiger partial charge in [0.1, 0.15) is 5.75 Å². The molecule has 11 heavy (non-hydrogen) atoms. The Balaban J connectivity index is 3.01. The predicted molar refractivity (Wildman–Crippen MR) is 35.1 cm³/mol. The van der Waals surface area contributed by atoms with Gasteiger partial charge in [0.15, 0.2) is 0 Å². The van der Waals surface area contributed by atoms with Gasteiger partial charge in [-0.05, 0) is 6.07 Å². The Morgan fingerprint density at radius 3 is 3.00 bits per heavy atom. The topological polar surface area (TPSA) is 62.2 Å². The predicted octanol–water partition coefficient (Wildman–Crippen LogP) is -0.546. The molecular weight excluding hydrogens is 146 g/mol. The molecule has 0 amide bonds. The molecule has 0 aliphatic carbocycles. The smallest absolute Gasteiger partial charge is 0.122 e. The highest BCUT2D eigenvalue weighted by atomic mass is 16.5. The van der Waals surface area contributed by atoms with Crippen LogP contribution in [0.1, 0.15) is 10.5 Å². The van der Waals surface area contributed by atoms with Crippen LogP contribution in [0.5, 0.6) is 5.75 Å². The van der Waals surface area contributed by atoms with Crippen LogP contribution in [0.2, 0.25) is 0 Å². The van der Waals surface area contributed by atoms with E-state index in [0.717, 1.165) is 0 Å². The molecule has 1 aromatic rings. The standard InChI is InChI=1S/C7H7NO3/c1-11-5-2-3-8-6(4-5)7(9)10/h2-4H,1H3,(H,9,10)/p-1. The van der Waals surface area contributed by atoms with Crippen LogP contribution in [0, 0.1) is 0 Å². The van der Waals surface area contributed by atoms with Gasteiger partial charge in [0.2, 0.25) is 0 Å². The lowest BCUT2D eigenvalue weighted by molar-refractivity contribution is -0.255. The first-order valence-corrected chi connectivity index (χ1v) is 2.95. The second-order valence-electron chi connectivity index (χ2n) is 1.87. The number of carbonyl (C=O) groups excluding carboxylic acids is 1. The number of carbonyl (C=O) groups is 1. The van der Waals surface area contributed by atoms with E-state index in [1.165, 1.54) is 19.4 Å². The Bertz CT molecular complexity index is 272. The fraction of sp³-hybridized carbons (Fsp3) is 0.143. The summed E-state index contributed by atoms with van der Waals surface area (Å²) in [6.45, 7) is 0. The van der Waals surface area contributed by atoms with E-state index in [-0.39, 0.29) is 5.69 Å². The van der Waals surface area contributed by atoms with Crippen molar-refractivity contribution in [1.82, 2.24) is 4.98 Å². The summed E-state index contributed by atoms with van der Waals surface area (Å²) in [6, 6.07) is 2.86. The van der Waals surface area contributed by atoms with E-state index in [0.29, 0.717) is 5.75 Å². The maximum absolute atomic E-state index is 10.2. The summed E-state index contributed by atoms with van der Waals surface area (Å²) in [5.74, 6) is -0.844. The number of carboxylic acids is 1. The molecule has 0 fully saturated rings. The van der Waals surface area contributed by atoms with Crippen molar-refractivity contribution in [2.75, 3.05) is 7.11 Å². The summed E-state index contributed by atoms with van der Waals surface area (Å²) in [6.07, 6.45) is 1.35. The quantitative estimate of drug-likeness (QED) is 0.570. The van der Waals surface area contributed by atoms with Gasteiger partial charge in [-0.1, -0.05) is 0 Å². The van der Waals surface area contributed by atoms with Crippen LogP contribution in [-0.2, 0) is 0 Å². The Kier molecular flexibility index (Phi) is 2.06. The van der Waals surface area contributed by atoms with Gasteiger partial charge < -0.3 is 14.6 Å². The molecule has 58 valence electrons. The zero-order valence-corrected chi connectivity index (χ0v) is 5.90. The van der Waals surface area contributed by atoms with Gasteiger partial charge in [-0.3, -0.25) is 4.98 Å². The van der Waals surface area contributed by atoms with Crippen LogP contribution in [0.3, 0.4) is 0 Å². The number of methoxy groups -OCH3 is 1. The summed E-state index contributed by atoms with van der Waals surface area (Å²) in [7, 11) is 1.45. The molecule has 0 saturated carbocycles. The van der Waals surface area contributed by atoms with E-state index in [1.54, 1.807) is 6.07 Å². The Hall–Kier alpha value is -1.58. The molecular formula is C7H6NO3-. The van der Waals surface area contributed by atoms with Crippen molar-refractivity contribution < 1.29 is 14.6 Å². The lowest BCUT2D eigenvalue weighted by Crippen LogP contribution is -2.23. The van der Waals surface area contributed by atoms with Crippen molar-refractivity contribution >= 4 is 5.97 Å². The van der Waals surface area contributed by atoms with Crippen molar-refractivity contribution in [3.63, 3.8) is 0 Å². The summed E-state index contributed by atoms with van der Waals surface area (Å²) in [5, 5.41) is 10.2. The number of rotatable bonds is 2. The van der Waals surface area contributed by atoms with Crippen LogP contribution in [0.25, 0.3) is 0 Å². The molecule has 0 aliphatic heterocycles. The van der Waals surface area contributed by atoms with E-state index >= 15 is 0 Å². The molecule has 0 spiro atoms. The largest absolute Gasteiger partial charge is 0.543 e. The van der Waals surface area contributed by atoms with Gasteiger partial charge >= 0.3 is 0 Å². The molecule has 0 saturated heterocycles. The van der Waals surface area contributed by atoms with Gasteiger partial charge in [0, 0.05) is 12.3 Å². The van der Waals surface area contributed by atoms with Crippen molar-refractivity contribution in [1.29, 1.82) is 0 Å². The van der Waals surface area contributed by atoms with Crippen LogP contribution in [0.4, 0.5) is 0 Å². The first-order valence-electron chi connectivity index (χ1n) is 2.95. The second kappa shape index (κ2) is 3.01. The van der Waals surface area contributed by atoms with E-state index in [4.69, 9.17) is 4.74 Å². The van der Waals surface area contributed by atoms with Gasteiger partial charge in [-0.25, -0.2) is 0 Å². The third-order valence-electron chi connectivity index (χ3n) is 1.18. The minimum atomic E-state index is -1.30. The fourth-order valence-corrected chi connectivity index (χ4v) is 0.650. The van der Waals surface area contributed by atoms with Gasteiger partial charge in [0.25, 0.3) is 0 Å². The number of aromatic nitrogens is 1. The fourth-order valence-electron chi connectivity index (χ4n) is 0.650. The van der Waals surface area contributed by atoms with Crippen LogP contribution < -0.4 is 9.84 Å². The second-order valence-corrected chi connectivity index (χ2v) is 1.87. The monoisotopic (exact) mass is 152 g/mol. The van der Waals surface area contributed by atoms with Crippen molar-refractivity contribution in [3.8, 4) is 5.75 Å². The summed E-state index contributed by atoms with van der Waals surface area (Å²) >= 11 is 0. The van der Waals surface area contributed by atoms with E-state index in [9.17, 15) is 9.90 Å². The summed E-state index contributed by atoms with van der Waals surface area (Å²) < 4.78 is 4.77.